The van der Waals surface area contributed by atoms with Gasteiger partial charge in [0.25, 0.3) is 0 Å². The van der Waals surface area contributed by atoms with Crippen molar-refractivity contribution in [3.63, 3.8) is 0 Å². The van der Waals surface area contributed by atoms with Crippen LogP contribution in [0.1, 0.15) is 46.0 Å². The van der Waals surface area contributed by atoms with Crippen LogP contribution >= 0.6 is 0 Å². The molecule has 16 heavy (non-hydrogen) atoms. The van der Waals surface area contributed by atoms with Gasteiger partial charge >= 0.3 is 0 Å². The molecule has 4 heteroatoms. The summed E-state index contributed by atoms with van der Waals surface area (Å²) in [5.74, 6) is 0.0411. The Bertz CT molecular complexity index is 221. The third kappa shape index (κ3) is 4.94. The Morgan fingerprint density at radius 3 is 2.88 bits per heavy atom. The number of hydrogen-bond donors (Lipinski definition) is 3. The highest BCUT2D eigenvalue weighted by Gasteiger charge is 2.21. The van der Waals surface area contributed by atoms with E-state index in [-0.39, 0.29) is 18.1 Å². The van der Waals surface area contributed by atoms with Crippen LogP contribution in [-0.4, -0.2) is 35.7 Å². The van der Waals surface area contributed by atoms with E-state index < -0.39 is 0 Å². The molecule has 0 aliphatic heterocycles. The average molecular weight is 228 g/mol. The predicted octanol–water partition coefficient (Wildman–Crippen LogP) is 0.794. The minimum atomic E-state index is -0.235. The molecule has 0 radical (unpaired) electrons. The van der Waals surface area contributed by atoms with E-state index in [1.165, 1.54) is 0 Å². The molecule has 0 bridgehead atoms. The van der Waals surface area contributed by atoms with Crippen LogP contribution in [0.2, 0.25) is 0 Å². The van der Waals surface area contributed by atoms with Crippen molar-refractivity contribution in [2.45, 2.75) is 64.1 Å². The first-order chi connectivity index (χ1) is 7.61. The molecule has 1 fully saturated rings. The predicted molar refractivity (Wildman–Crippen MR) is 64.2 cm³/mol. The summed E-state index contributed by atoms with van der Waals surface area (Å²) < 4.78 is 0. The fraction of sp³-hybridized carbons (Fsp3) is 0.917. The molecule has 3 unspecified atom stereocenters. The van der Waals surface area contributed by atoms with Gasteiger partial charge in [0.15, 0.2) is 0 Å². The lowest BCUT2D eigenvalue weighted by Gasteiger charge is -2.26. The minimum absolute atomic E-state index is 0.0411. The fourth-order valence-electron chi connectivity index (χ4n) is 1.99. The van der Waals surface area contributed by atoms with Crippen molar-refractivity contribution in [3.05, 3.63) is 0 Å². The lowest BCUT2D eigenvalue weighted by molar-refractivity contribution is -0.121. The summed E-state index contributed by atoms with van der Waals surface area (Å²) in [7, 11) is 0. The summed E-state index contributed by atoms with van der Waals surface area (Å²) in [5, 5.41) is 15.6. The second kappa shape index (κ2) is 6.86. The van der Waals surface area contributed by atoms with Crippen LogP contribution in [0.4, 0.5) is 0 Å². The lowest BCUT2D eigenvalue weighted by Crippen LogP contribution is -2.44. The molecule has 1 rings (SSSR count). The Balaban J connectivity index is 2.18. The largest absolute Gasteiger partial charge is 0.393 e. The molecule has 1 aliphatic carbocycles. The van der Waals surface area contributed by atoms with Crippen molar-refractivity contribution in [2.24, 2.45) is 0 Å². The number of amides is 1. The molecule has 0 heterocycles. The van der Waals surface area contributed by atoms with E-state index in [0.29, 0.717) is 19.0 Å². The average Bonchev–Trinajstić information content (AvgIpc) is 2.26. The number of aliphatic hydroxyl groups excluding tert-OH is 1. The van der Waals surface area contributed by atoms with E-state index in [0.717, 1.165) is 25.7 Å². The Hall–Kier alpha value is -0.610. The third-order valence-corrected chi connectivity index (χ3v) is 3.24. The third-order valence-electron chi connectivity index (χ3n) is 3.24. The van der Waals surface area contributed by atoms with Gasteiger partial charge in [-0.05, 0) is 39.0 Å². The highest BCUT2D eigenvalue weighted by Crippen LogP contribution is 2.17. The number of carbonyl (C=O) groups is 1. The van der Waals surface area contributed by atoms with Crippen molar-refractivity contribution in [1.82, 2.24) is 10.6 Å². The zero-order valence-corrected chi connectivity index (χ0v) is 10.3. The van der Waals surface area contributed by atoms with Crippen LogP contribution in [0.3, 0.4) is 0 Å². The van der Waals surface area contributed by atoms with Crippen molar-refractivity contribution in [1.29, 1.82) is 0 Å². The molecule has 3 atom stereocenters. The van der Waals surface area contributed by atoms with Gasteiger partial charge in [0, 0.05) is 12.1 Å². The van der Waals surface area contributed by atoms with Gasteiger partial charge in [-0.1, -0.05) is 6.92 Å². The van der Waals surface area contributed by atoms with Gasteiger partial charge in [-0.15, -0.1) is 0 Å². The van der Waals surface area contributed by atoms with Gasteiger partial charge in [0.05, 0.1) is 12.6 Å². The number of aliphatic hydroxyl groups is 1. The van der Waals surface area contributed by atoms with Gasteiger partial charge in [-0.2, -0.15) is 0 Å². The molecular weight excluding hydrogens is 204 g/mol. The molecule has 0 aromatic heterocycles. The van der Waals surface area contributed by atoms with Crippen LogP contribution < -0.4 is 10.6 Å². The number of hydrogen-bond acceptors (Lipinski definition) is 3. The summed E-state index contributed by atoms with van der Waals surface area (Å²) in [4.78, 5) is 11.6. The van der Waals surface area contributed by atoms with Crippen LogP contribution in [0.25, 0.3) is 0 Å². The van der Waals surface area contributed by atoms with E-state index in [1.54, 1.807) is 0 Å². The molecule has 0 aromatic rings. The summed E-state index contributed by atoms with van der Waals surface area (Å²) in [5.41, 5.74) is 0. The van der Waals surface area contributed by atoms with Crippen molar-refractivity contribution in [3.8, 4) is 0 Å². The van der Waals surface area contributed by atoms with E-state index in [2.05, 4.69) is 24.5 Å². The maximum Gasteiger partial charge on any atom is 0.234 e. The first kappa shape index (κ1) is 13.5. The fourth-order valence-corrected chi connectivity index (χ4v) is 1.99. The minimum Gasteiger partial charge on any atom is -0.393 e. The maximum atomic E-state index is 11.6. The standard InChI is InChI=1S/C12H24N2O2/c1-3-9(2)13-8-12(16)14-10-5-4-6-11(15)7-10/h9-11,13,15H,3-8H2,1-2H3,(H,14,16). The summed E-state index contributed by atoms with van der Waals surface area (Å²) in [6, 6.07) is 0.540. The zero-order chi connectivity index (χ0) is 12.0. The van der Waals surface area contributed by atoms with Crippen LogP contribution in [0.15, 0.2) is 0 Å². The van der Waals surface area contributed by atoms with E-state index in [4.69, 9.17) is 0 Å². The van der Waals surface area contributed by atoms with Crippen LogP contribution in [0, 0.1) is 0 Å². The monoisotopic (exact) mass is 228 g/mol. The number of rotatable bonds is 5. The van der Waals surface area contributed by atoms with Gasteiger partial charge < -0.3 is 15.7 Å². The molecule has 1 amide bonds. The molecule has 0 aromatic carbocycles. The number of carbonyl (C=O) groups excluding carboxylic acids is 1. The quantitative estimate of drug-likeness (QED) is 0.652. The smallest absolute Gasteiger partial charge is 0.234 e. The molecule has 4 nitrogen and oxygen atoms in total. The first-order valence-electron chi connectivity index (χ1n) is 6.32. The normalized spacial score (nSPS) is 27.4. The van der Waals surface area contributed by atoms with E-state index in [1.807, 2.05) is 0 Å². The second-order valence-corrected chi connectivity index (χ2v) is 4.78. The molecule has 3 N–H and O–H groups in total. The van der Waals surface area contributed by atoms with E-state index >= 15 is 0 Å². The SMILES string of the molecule is CCC(C)NCC(=O)NC1CCCC(O)C1. The van der Waals surface area contributed by atoms with Gasteiger partial charge in [-0.25, -0.2) is 0 Å². The molecule has 0 saturated heterocycles. The highest BCUT2D eigenvalue weighted by molar-refractivity contribution is 5.78. The van der Waals surface area contributed by atoms with Crippen molar-refractivity contribution >= 4 is 5.91 Å². The molecule has 0 spiro atoms. The van der Waals surface area contributed by atoms with Crippen LogP contribution in [0.5, 0.6) is 0 Å². The Labute approximate surface area is 97.8 Å². The lowest BCUT2D eigenvalue weighted by atomic mass is 9.93. The summed E-state index contributed by atoms with van der Waals surface area (Å²) in [6.45, 7) is 4.53. The first-order valence-corrected chi connectivity index (χ1v) is 6.32. The maximum absolute atomic E-state index is 11.6. The summed E-state index contributed by atoms with van der Waals surface area (Å²) >= 11 is 0. The Morgan fingerprint density at radius 1 is 1.50 bits per heavy atom. The molecular formula is C12H24N2O2. The van der Waals surface area contributed by atoms with Crippen LogP contribution in [-0.2, 0) is 4.79 Å². The van der Waals surface area contributed by atoms with Crippen molar-refractivity contribution < 1.29 is 9.90 Å². The Kier molecular flexibility index (Phi) is 5.77. The topological polar surface area (TPSA) is 61.4 Å². The molecule has 94 valence electrons. The van der Waals surface area contributed by atoms with Crippen molar-refractivity contribution in [2.75, 3.05) is 6.54 Å². The molecule has 1 saturated carbocycles. The van der Waals surface area contributed by atoms with Gasteiger partial charge in [-0.3, -0.25) is 4.79 Å². The van der Waals surface area contributed by atoms with E-state index in [9.17, 15) is 9.90 Å². The highest BCUT2D eigenvalue weighted by atomic mass is 16.3. The van der Waals surface area contributed by atoms with Gasteiger partial charge in [0.2, 0.25) is 5.91 Å². The number of nitrogens with one attached hydrogen (secondary N) is 2. The summed E-state index contributed by atoms with van der Waals surface area (Å²) in [6.07, 6.45) is 4.36. The van der Waals surface area contributed by atoms with Gasteiger partial charge in [0.1, 0.15) is 0 Å². The second-order valence-electron chi connectivity index (χ2n) is 4.78. The Morgan fingerprint density at radius 2 is 2.25 bits per heavy atom. The zero-order valence-electron chi connectivity index (χ0n) is 10.3. The molecule has 1 aliphatic rings.